The van der Waals surface area contributed by atoms with E-state index < -0.39 is 5.60 Å². The molecule has 1 saturated carbocycles. The van der Waals surface area contributed by atoms with Crippen LogP contribution in [0.2, 0.25) is 0 Å². The number of ether oxygens (including phenoxy) is 2. The molecule has 0 radical (unpaired) electrons. The monoisotopic (exact) mass is 298 g/mol. The van der Waals surface area contributed by atoms with Crippen molar-refractivity contribution in [2.45, 2.75) is 70.6 Å². The maximum Gasteiger partial charge on any atom is 0.408 e. The molecule has 2 atom stereocenters. The molecule has 0 aromatic rings. The lowest BCUT2D eigenvalue weighted by molar-refractivity contribution is -0.00411. The summed E-state index contributed by atoms with van der Waals surface area (Å²) < 4.78 is 10.8. The summed E-state index contributed by atoms with van der Waals surface area (Å²) in [7, 11) is 0. The van der Waals surface area contributed by atoms with Gasteiger partial charge in [-0.15, -0.1) is 0 Å². The number of alkyl carbamates (subject to hydrolysis) is 1. The molecule has 5 nitrogen and oxygen atoms in total. The molecule has 0 spiro atoms. The van der Waals surface area contributed by atoms with Gasteiger partial charge in [0.2, 0.25) is 0 Å². The molecule has 1 heterocycles. The number of nitrogens with one attached hydrogen (secondary N) is 1. The van der Waals surface area contributed by atoms with Gasteiger partial charge in [0.1, 0.15) is 5.60 Å². The number of carbonyl (C=O) groups excluding carboxylic acids is 1. The Morgan fingerprint density at radius 3 is 2.62 bits per heavy atom. The summed E-state index contributed by atoms with van der Waals surface area (Å²) in [6, 6.07) is 0.544. The van der Waals surface area contributed by atoms with Crippen molar-refractivity contribution < 1.29 is 14.3 Å². The van der Waals surface area contributed by atoms with Crippen LogP contribution in [0.4, 0.5) is 4.79 Å². The number of hydrogen-bond acceptors (Lipinski definition) is 4. The molecule has 1 aliphatic carbocycles. The second kappa shape index (κ2) is 6.53. The van der Waals surface area contributed by atoms with Crippen LogP contribution in [-0.4, -0.2) is 54.5 Å². The van der Waals surface area contributed by atoms with Crippen LogP contribution in [0, 0.1) is 0 Å². The SMILES string of the molecule is CC1(NC(=O)OC(C)(C)C)CCCC(N2CCOCC2)C1. The van der Waals surface area contributed by atoms with Crippen molar-refractivity contribution >= 4 is 6.09 Å². The van der Waals surface area contributed by atoms with Gasteiger partial charge >= 0.3 is 6.09 Å². The third-order valence-corrected chi connectivity index (χ3v) is 4.32. The first kappa shape index (κ1) is 16.6. The zero-order valence-electron chi connectivity index (χ0n) is 13.9. The summed E-state index contributed by atoms with van der Waals surface area (Å²) in [6.07, 6.45) is 4.08. The summed E-state index contributed by atoms with van der Waals surface area (Å²) >= 11 is 0. The van der Waals surface area contributed by atoms with E-state index in [0.29, 0.717) is 6.04 Å². The van der Waals surface area contributed by atoms with Gasteiger partial charge in [0, 0.05) is 24.7 Å². The lowest BCUT2D eigenvalue weighted by Gasteiger charge is -2.44. The second-order valence-electron chi connectivity index (χ2n) is 7.59. The van der Waals surface area contributed by atoms with Gasteiger partial charge in [-0.05, 0) is 53.4 Å². The molecule has 5 heteroatoms. The summed E-state index contributed by atoms with van der Waals surface area (Å²) in [5, 5.41) is 3.10. The quantitative estimate of drug-likeness (QED) is 0.851. The summed E-state index contributed by atoms with van der Waals surface area (Å²) in [5.74, 6) is 0. The van der Waals surface area contributed by atoms with Gasteiger partial charge < -0.3 is 14.8 Å². The standard InChI is InChI=1S/C16H30N2O3/c1-15(2,3)21-14(19)17-16(4)7-5-6-13(12-16)18-8-10-20-11-9-18/h13H,5-12H2,1-4H3,(H,17,19). The maximum absolute atomic E-state index is 12.0. The first-order chi connectivity index (χ1) is 9.77. The molecule has 122 valence electrons. The molecule has 1 aliphatic heterocycles. The Morgan fingerprint density at radius 2 is 2.00 bits per heavy atom. The first-order valence-electron chi connectivity index (χ1n) is 8.10. The smallest absolute Gasteiger partial charge is 0.408 e. The third-order valence-electron chi connectivity index (χ3n) is 4.32. The van der Waals surface area contributed by atoms with Crippen LogP contribution in [0.5, 0.6) is 0 Å². The summed E-state index contributed by atoms with van der Waals surface area (Å²) in [6.45, 7) is 11.5. The predicted octanol–water partition coefficient (Wildman–Crippen LogP) is 2.54. The third kappa shape index (κ3) is 5.15. The van der Waals surface area contributed by atoms with Crippen LogP contribution in [0.3, 0.4) is 0 Å². The van der Waals surface area contributed by atoms with E-state index in [1.807, 2.05) is 20.8 Å². The minimum absolute atomic E-state index is 0.163. The maximum atomic E-state index is 12.0. The Hall–Kier alpha value is -0.810. The van der Waals surface area contributed by atoms with E-state index in [1.165, 1.54) is 6.42 Å². The van der Waals surface area contributed by atoms with Gasteiger partial charge in [-0.3, -0.25) is 4.90 Å². The largest absolute Gasteiger partial charge is 0.444 e. The summed E-state index contributed by atoms with van der Waals surface area (Å²) in [4.78, 5) is 14.6. The van der Waals surface area contributed by atoms with E-state index in [-0.39, 0.29) is 11.6 Å². The van der Waals surface area contributed by atoms with Crippen LogP contribution < -0.4 is 5.32 Å². The minimum atomic E-state index is -0.446. The molecule has 0 bridgehead atoms. The summed E-state index contributed by atoms with van der Waals surface area (Å²) in [5.41, 5.74) is -0.609. The molecule has 0 aromatic carbocycles. The number of morpholine rings is 1. The van der Waals surface area contributed by atoms with Crippen LogP contribution in [0.1, 0.15) is 53.4 Å². The number of carbonyl (C=O) groups is 1. The van der Waals surface area contributed by atoms with Gasteiger partial charge in [-0.1, -0.05) is 0 Å². The lowest BCUT2D eigenvalue weighted by Crippen LogP contribution is -2.55. The molecule has 1 amide bonds. The molecule has 1 N–H and O–H groups in total. The Kier molecular flexibility index (Phi) is 5.15. The number of nitrogens with zero attached hydrogens (tertiary/aromatic N) is 1. The highest BCUT2D eigenvalue weighted by Gasteiger charge is 2.37. The van der Waals surface area contributed by atoms with Crippen LogP contribution >= 0.6 is 0 Å². The van der Waals surface area contributed by atoms with Crippen molar-refractivity contribution in [1.82, 2.24) is 10.2 Å². The normalized spacial score (nSPS) is 31.7. The molecule has 1 saturated heterocycles. The van der Waals surface area contributed by atoms with Crippen molar-refractivity contribution in [2.75, 3.05) is 26.3 Å². The topological polar surface area (TPSA) is 50.8 Å². The lowest BCUT2D eigenvalue weighted by atomic mass is 9.79. The molecule has 2 unspecified atom stereocenters. The zero-order valence-corrected chi connectivity index (χ0v) is 13.9. The van der Waals surface area contributed by atoms with E-state index in [4.69, 9.17) is 9.47 Å². The predicted molar refractivity (Wildman–Crippen MR) is 82.4 cm³/mol. The van der Waals surface area contributed by atoms with E-state index in [0.717, 1.165) is 45.6 Å². The average Bonchev–Trinajstić information content (AvgIpc) is 2.36. The van der Waals surface area contributed by atoms with E-state index >= 15 is 0 Å². The van der Waals surface area contributed by atoms with Gasteiger partial charge in [-0.2, -0.15) is 0 Å². The van der Waals surface area contributed by atoms with Crippen molar-refractivity contribution in [3.63, 3.8) is 0 Å². The van der Waals surface area contributed by atoms with Crippen LogP contribution in [-0.2, 0) is 9.47 Å². The Morgan fingerprint density at radius 1 is 1.33 bits per heavy atom. The average molecular weight is 298 g/mol. The van der Waals surface area contributed by atoms with Gasteiger partial charge in [-0.25, -0.2) is 4.79 Å². The molecular weight excluding hydrogens is 268 g/mol. The highest BCUT2D eigenvalue weighted by molar-refractivity contribution is 5.68. The number of hydrogen-bond donors (Lipinski definition) is 1. The van der Waals surface area contributed by atoms with E-state index in [2.05, 4.69) is 17.1 Å². The minimum Gasteiger partial charge on any atom is -0.444 e. The highest BCUT2D eigenvalue weighted by atomic mass is 16.6. The Balaban J connectivity index is 1.90. The first-order valence-corrected chi connectivity index (χ1v) is 8.10. The number of rotatable bonds is 2. The highest BCUT2D eigenvalue weighted by Crippen LogP contribution is 2.31. The van der Waals surface area contributed by atoms with Crippen molar-refractivity contribution in [3.8, 4) is 0 Å². The second-order valence-corrected chi connectivity index (χ2v) is 7.59. The van der Waals surface area contributed by atoms with E-state index in [9.17, 15) is 4.79 Å². The van der Waals surface area contributed by atoms with Gasteiger partial charge in [0.15, 0.2) is 0 Å². The molecule has 0 aromatic heterocycles. The van der Waals surface area contributed by atoms with E-state index in [1.54, 1.807) is 0 Å². The number of amides is 1. The van der Waals surface area contributed by atoms with Crippen molar-refractivity contribution in [2.24, 2.45) is 0 Å². The fraction of sp³-hybridized carbons (Fsp3) is 0.938. The van der Waals surface area contributed by atoms with Gasteiger partial charge in [0.05, 0.1) is 13.2 Å². The zero-order chi connectivity index (χ0) is 15.5. The van der Waals surface area contributed by atoms with Gasteiger partial charge in [0.25, 0.3) is 0 Å². The molecule has 2 rings (SSSR count). The van der Waals surface area contributed by atoms with Crippen molar-refractivity contribution in [1.29, 1.82) is 0 Å². The Labute approximate surface area is 128 Å². The molecular formula is C16H30N2O3. The molecule has 21 heavy (non-hydrogen) atoms. The van der Waals surface area contributed by atoms with Crippen LogP contribution in [0.25, 0.3) is 0 Å². The Bertz CT molecular complexity index is 361. The molecule has 2 aliphatic rings. The fourth-order valence-corrected chi connectivity index (χ4v) is 3.37. The van der Waals surface area contributed by atoms with Crippen molar-refractivity contribution in [3.05, 3.63) is 0 Å². The van der Waals surface area contributed by atoms with Crippen LogP contribution in [0.15, 0.2) is 0 Å². The molecule has 2 fully saturated rings. The fourth-order valence-electron chi connectivity index (χ4n) is 3.37.